The number of nitrogens with zero attached hydrogens (tertiary/aromatic N) is 3. The lowest BCUT2D eigenvalue weighted by atomic mass is 10.0. The van der Waals surface area contributed by atoms with Crippen LogP contribution in [-0.4, -0.2) is 66.1 Å². The average Bonchev–Trinajstić information content (AvgIpc) is 3.58. The quantitative estimate of drug-likeness (QED) is 0.157. The highest BCUT2D eigenvalue weighted by molar-refractivity contribution is 7.12. The zero-order valence-electron chi connectivity index (χ0n) is 23.4. The molecule has 1 saturated heterocycles. The number of amides is 1. The third kappa shape index (κ3) is 5.83. The number of likely N-dealkylation sites (N-methyl/N-ethyl adjacent to an activating group) is 1. The van der Waals surface area contributed by atoms with E-state index in [0.717, 1.165) is 42.8 Å². The molecular weight excluding hydrogens is 546 g/mol. The number of nitrogens with one attached hydrogen (secondary N) is 2. The molecule has 1 aliphatic heterocycles. The molecule has 3 heterocycles. The van der Waals surface area contributed by atoms with E-state index >= 15 is 0 Å². The zero-order chi connectivity index (χ0) is 29.2. The highest BCUT2D eigenvalue weighted by Crippen LogP contribution is 2.29. The molecule has 6 rings (SSSR count). The van der Waals surface area contributed by atoms with E-state index in [1.54, 1.807) is 48.7 Å². The molecule has 0 spiro atoms. The van der Waals surface area contributed by atoms with Gasteiger partial charge in [-0.15, -0.1) is 11.3 Å². The van der Waals surface area contributed by atoms with Crippen molar-refractivity contribution < 1.29 is 14.7 Å². The van der Waals surface area contributed by atoms with Crippen molar-refractivity contribution >= 4 is 57.2 Å². The molecule has 8 nitrogen and oxygen atoms in total. The number of H-pyrrole nitrogens is 1. The maximum absolute atomic E-state index is 13.3. The lowest BCUT2D eigenvalue weighted by molar-refractivity contribution is 0.102. The summed E-state index contributed by atoms with van der Waals surface area (Å²) < 4.78 is 0. The van der Waals surface area contributed by atoms with Crippen LogP contribution >= 0.6 is 11.3 Å². The fraction of sp³-hybridized carbons (Fsp3) is 0.182. The van der Waals surface area contributed by atoms with Crippen LogP contribution in [0.15, 0.2) is 83.2 Å². The number of piperazine rings is 1. The van der Waals surface area contributed by atoms with Crippen LogP contribution in [-0.2, 0) is 0 Å². The third-order valence-corrected chi connectivity index (χ3v) is 8.52. The minimum absolute atomic E-state index is 0.0130. The lowest BCUT2D eigenvalue weighted by Crippen LogP contribution is -2.44. The first-order chi connectivity index (χ1) is 20.3. The summed E-state index contributed by atoms with van der Waals surface area (Å²) in [4.78, 5) is 38.8. The molecule has 1 amide bonds. The smallest absolute Gasteiger partial charge is 0.265 e. The van der Waals surface area contributed by atoms with Crippen molar-refractivity contribution in [2.75, 3.05) is 43.4 Å². The van der Waals surface area contributed by atoms with Crippen molar-refractivity contribution in [1.82, 2.24) is 9.88 Å². The van der Waals surface area contributed by atoms with E-state index in [1.165, 1.54) is 17.0 Å². The van der Waals surface area contributed by atoms with E-state index in [9.17, 15) is 14.7 Å². The minimum Gasteiger partial charge on any atom is -0.494 e. The van der Waals surface area contributed by atoms with Gasteiger partial charge in [-0.05, 0) is 73.4 Å². The molecule has 0 unspecified atom stereocenters. The Labute approximate surface area is 247 Å². The number of aromatic amines is 1. The van der Waals surface area contributed by atoms with E-state index in [0.29, 0.717) is 32.8 Å². The van der Waals surface area contributed by atoms with Gasteiger partial charge in [0.05, 0.1) is 16.1 Å². The number of benzene rings is 3. The second kappa shape index (κ2) is 11.6. The van der Waals surface area contributed by atoms with E-state index < -0.39 is 0 Å². The number of anilines is 2. The van der Waals surface area contributed by atoms with Crippen molar-refractivity contribution in [3.05, 3.63) is 105 Å². The van der Waals surface area contributed by atoms with Gasteiger partial charge in [-0.25, -0.2) is 0 Å². The average molecular weight is 578 g/mol. The molecule has 0 saturated carbocycles. The predicted molar refractivity (Wildman–Crippen MR) is 170 cm³/mol. The van der Waals surface area contributed by atoms with Crippen LogP contribution in [0.3, 0.4) is 0 Å². The molecule has 1 aliphatic rings. The molecule has 0 aliphatic carbocycles. The van der Waals surface area contributed by atoms with Gasteiger partial charge in [-0.1, -0.05) is 24.3 Å². The molecule has 42 heavy (non-hydrogen) atoms. The SMILES string of the molecule is Cc1csc(C(=O)Nc2cccc(C(=O)c3ccc4c(C=Nc5ccc(N6CCN(C)CC6)cc5)c(O)[nH]c4c3)c2)c1. The Balaban J connectivity index is 1.17. The summed E-state index contributed by atoms with van der Waals surface area (Å²) in [6.07, 6.45) is 1.64. The van der Waals surface area contributed by atoms with Gasteiger partial charge in [-0.3, -0.25) is 14.6 Å². The molecule has 0 bridgehead atoms. The van der Waals surface area contributed by atoms with Crippen LogP contribution in [0.2, 0.25) is 0 Å². The number of aromatic hydroxyl groups is 1. The van der Waals surface area contributed by atoms with Gasteiger partial charge >= 0.3 is 0 Å². The van der Waals surface area contributed by atoms with Crippen molar-refractivity contribution in [2.24, 2.45) is 4.99 Å². The van der Waals surface area contributed by atoms with Gasteiger partial charge in [-0.2, -0.15) is 0 Å². The third-order valence-electron chi connectivity index (χ3n) is 7.48. The van der Waals surface area contributed by atoms with Crippen molar-refractivity contribution in [3.63, 3.8) is 0 Å². The molecule has 0 radical (unpaired) electrons. The number of aryl methyl sites for hydroxylation is 1. The molecular formula is C33H31N5O3S. The number of carbonyl (C=O) groups excluding carboxylic acids is 2. The van der Waals surface area contributed by atoms with Gasteiger partial charge < -0.3 is 25.2 Å². The molecule has 1 fully saturated rings. The van der Waals surface area contributed by atoms with E-state index in [4.69, 9.17) is 0 Å². The number of rotatable bonds is 7. The Hall–Kier alpha value is -4.73. The fourth-order valence-corrected chi connectivity index (χ4v) is 5.87. The Bertz CT molecular complexity index is 1800. The first-order valence-corrected chi connectivity index (χ1v) is 14.7. The highest BCUT2D eigenvalue weighted by atomic mass is 32.1. The number of aliphatic imine (C=N–C) groups is 1. The number of carbonyl (C=O) groups is 2. The molecule has 9 heteroatoms. The monoisotopic (exact) mass is 577 g/mol. The first kappa shape index (κ1) is 27.4. The van der Waals surface area contributed by atoms with Crippen molar-refractivity contribution in [3.8, 4) is 5.88 Å². The van der Waals surface area contributed by atoms with Gasteiger partial charge in [0, 0.05) is 65.8 Å². The number of thiophene rings is 1. The number of hydrogen-bond donors (Lipinski definition) is 3. The Kier molecular flexibility index (Phi) is 7.60. The zero-order valence-corrected chi connectivity index (χ0v) is 24.2. The summed E-state index contributed by atoms with van der Waals surface area (Å²) in [5.74, 6) is -0.410. The largest absolute Gasteiger partial charge is 0.494 e. The topological polar surface area (TPSA) is 101 Å². The second-order valence-electron chi connectivity index (χ2n) is 10.6. The summed E-state index contributed by atoms with van der Waals surface area (Å²) in [7, 11) is 2.14. The maximum Gasteiger partial charge on any atom is 0.265 e. The number of hydrogen-bond acceptors (Lipinski definition) is 7. The summed E-state index contributed by atoms with van der Waals surface area (Å²) in [6.45, 7) is 6.05. The molecule has 0 atom stereocenters. The van der Waals surface area contributed by atoms with E-state index in [1.807, 2.05) is 30.5 Å². The van der Waals surface area contributed by atoms with Crippen LogP contribution in [0.1, 0.15) is 36.7 Å². The summed E-state index contributed by atoms with van der Waals surface area (Å²) in [5.41, 5.74) is 5.64. The normalized spacial score (nSPS) is 14.1. The van der Waals surface area contributed by atoms with Crippen LogP contribution in [0.5, 0.6) is 5.88 Å². The molecule has 3 aromatic carbocycles. The fourth-order valence-electron chi connectivity index (χ4n) is 5.08. The Morgan fingerprint density at radius 3 is 2.48 bits per heavy atom. The molecule has 212 valence electrons. The van der Waals surface area contributed by atoms with Gasteiger partial charge in [0.15, 0.2) is 11.7 Å². The number of ketones is 1. The second-order valence-corrected chi connectivity index (χ2v) is 11.5. The Morgan fingerprint density at radius 1 is 0.976 bits per heavy atom. The number of aromatic nitrogens is 1. The molecule has 5 aromatic rings. The van der Waals surface area contributed by atoms with Crippen molar-refractivity contribution in [2.45, 2.75) is 6.92 Å². The van der Waals surface area contributed by atoms with Crippen LogP contribution in [0.25, 0.3) is 10.9 Å². The minimum atomic E-state index is -0.207. The van der Waals surface area contributed by atoms with Gasteiger partial charge in [0.1, 0.15) is 0 Å². The predicted octanol–water partition coefficient (Wildman–Crippen LogP) is 6.23. The van der Waals surface area contributed by atoms with Gasteiger partial charge in [0.25, 0.3) is 5.91 Å². The summed E-state index contributed by atoms with van der Waals surface area (Å²) in [5, 5.41) is 16.2. The summed E-state index contributed by atoms with van der Waals surface area (Å²) in [6, 6.07) is 22.1. The highest BCUT2D eigenvalue weighted by Gasteiger charge is 2.16. The maximum atomic E-state index is 13.3. The molecule has 2 aromatic heterocycles. The lowest BCUT2D eigenvalue weighted by Gasteiger charge is -2.34. The first-order valence-electron chi connectivity index (χ1n) is 13.8. The van der Waals surface area contributed by atoms with Crippen LogP contribution in [0.4, 0.5) is 17.1 Å². The van der Waals surface area contributed by atoms with E-state index in [-0.39, 0.29) is 17.6 Å². The van der Waals surface area contributed by atoms with Crippen LogP contribution in [0, 0.1) is 6.92 Å². The van der Waals surface area contributed by atoms with Gasteiger partial charge in [0.2, 0.25) is 0 Å². The van der Waals surface area contributed by atoms with Crippen LogP contribution < -0.4 is 10.2 Å². The van der Waals surface area contributed by atoms with E-state index in [2.05, 4.69) is 44.3 Å². The Morgan fingerprint density at radius 2 is 1.74 bits per heavy atom. The standard InChI is InChI=1S/C33H31N5O3S/c1-21-16-30(42-20-21)33(41)35-25-5-3-4-22(17-25)31(39)23-6-11-27-28(32(40)36-29(27)18-23)19-34-24-7-9-26(10-8-24)38-14-12-37(2)13-15-38/h3-11,16-20,36,40H,12-15H2,1-2H3,(H,35,41). The number of fused-ring (bicyclic) bond motifs is 1. The molecule has 3 N–H and O–H groups in total. The summed E-state index contributed by atoms with van der Waals surface area (Å²) >= 11 is 1.38. The van der Waals surface area contributed by atoms with Crippen molar-refractivity contribution in [1.29, 1.82) is 0 Å².